The monoisotopic (exact) mass is 369 g/mol. The summed E-state index contributed by atoms with van der Waals surface area (Å²) >= 11 is 0. The van der Waals surface area contributed by atoms with Crippen LogP contribution in [0.1, 0.15) is 11.1 Å². The second-order valence-electron chi connectivity index (χ2n) is 6.85. The highest BCUT2D eigenvalue weighted by Crippen LogP contribution is 2.39. The van der Waals surface area contributed by atoms with Crippen molar-refractivity contribution >= 4 is 21.8 Å². The van der Waals surface area contributed by atoms with Crippen molar-refractivity contribution < 1.29 is 0 Å². The van der Waals surface area contributed by atoms with Crippen molar-refractivity contribution in [3.63, 3.8) is 0 Å². The Labute approximate surface area is 168 Å². The number of nitrogens with zero attached hydrogens (tertiary/aromatic N) is 3. The van der Waals surface area contributed by atoms with Crippen LogP contribution in [-0.2, 0) is 0 Å². The quantitative estimate of drug-likeness (QED) is 0.372. The van der Waals surface area contributed by atoms with Crippen molar-refractivity contribution in [3.05, 3.63) is 102 Å². The molecule has 0 fully saturated rings. The molecule has 5 aromatic rings. The zero-order valence-corrected chi connectivity index (χ0v) is 15.5. The predicted octanol–water partition coefficient (Wildman–Crippen LogP) is 6.19. The standard InChI is InChI=1S/C26H15N3/c27-16-19-10-6-11-20(17-28)25(19)29-24-15-5-4-12-22(24)23-14-7-13-21(26(23)29)18-8-2-1-3-9-18/h1-15H. The molecule has 0 aliphatic heterocycles. The van der Waals surface area contributed by atoms with Crippen LogP contribution in [0.25, 0.3) is 38.6 Å². The molecule has 0 spiro atoms. The van der Waals surface area contributed by atoms with Gasteiger partial charge in [-0.15, -0.1) is 0 Å². The fourth-order valence-electron chi connectivity index (χ4n) is 4.07. The number of aromatic nitrogens is 1. The van der Waals surface area contributed by atoms with Crippen molar-refractivity contribution in [1.82, 2.24) is 4.57 Å². The molecule has 0 unspecified atom stereocenters. The van der Waals surface area contributed by atoms with Gasteiger partial charge in [-0.05, 0) is 23.8 Å². The number of rotatable bonds is 2. The van der Waals surface area contributed by atoms with Gasteiger partial charge in [0.15, 0.2) is 0 Å². The minimum Gasteiger partial charge on any atom is -0.306 e. The molecule has 1 aromatic heterocycles. The van der Waals surface area contributed by atoms with E-state index in [0.717, 1.165) is 32.9 Å². The molecule has 0 N–H and O–H groups in total. The first-order valence-corrected chi connectivity index (χ1v) is 9.34. The summed E-state index contributed by atoms with van der Waals surface area (Å²) in [6.07, 6.45) is 0. The van der Waals surface area contributed by atoms with Crippen molar-refractivity contribution in [1.29, 1.82) is 10.5 Å². The fourth-order valence-corrected chi connectivity index (χ4v) is 4.07. The maximum atomic E-state index is 9.79. The van der Waals surface area contributed by atoms with Gasteiger partial charge in [0, 0.05) is 16.3 Å². The van der Waals surface area contributed by atoms with Gasteiger partial charge >= 0.3 is 0 Å². The van der Waals surface area contributed by atoms with Crippen LogP contribution in [-0.4, -0.2) is 4.57 Å². The van der Waals surface area contributed by atoms with Crippen molar-refractivity contribution in [2.45, 2.75) is 0 Å². The SMILES string of the molecule is N#Cc1cccc(C#N)c1-n1c2ccccc2c2cccc(-c3ccccc3)c21. The average Bonchev–Trinajstić information content (AvgIpc) is 3.13. The predicted molar refractivity (Wildman–Crippen MR) is 116 cm³/mol. The van der Waals surface area contributed by atoms with Gasteiger partial charge in [-0.2, -0.15) is 10.5 Å². The van der Waals surface area contributed by atoms with E-state index >= 15 is 0 Å². The second kappa shape index (κ2) is 6.68. The number of hydrogen-bond donors (Lipinski definition) is 0. The van der Waals surface area contributed by atoms with Crippen LogP contribution >= 0.6 is 0 Å². The summed E-state index contributed by atoms with van der Waals surface area (Å²) in [5.74, 6) is 0. The lowest BCUT2D eigenvalue weighted by molar-refractivity contribution is 1.16. The summed E-state index contributed by atoms with van der Waals surface area (Å²) in [6, 6.07) is 34.4. The third kappa shape index (κ3) is 2.50. The summed E-state index contributed by atoms with van der Waals surface area (Å²) in [5, 5.41) is 21.8. The smallest absolute Gasteiger partial charge is 0.101 e. The minimum absolute atomic E-state index is 0.481. The van der Waals surface area contributed by atoms with E-state index in [1.165, 1.54) is 0 Å². The van der Waals surface area contributed by atoms with Gasteiger partial charge < -0.3 is 4.57 Å². The highest BCUT2D eigenvalue weighted by molar-refractivity contribution is 6.14. The third-order valence-corrected chi connectivity index (χ3v) is 5.28. The Bertz CT molecular complexity index is 1430. The molecule has 0 bridgehead atoms. The van der Waals surface area contributed by atoms with Crippen LogP contribution < -0.4 is 0 Å². The number of benzene rings is 4. The molecular formula is C26H15N3. The average molecular weight is 369 g/mol. The second-order valence-corrected chi connectivity index (χ2v) is 6.85. The molecule has 3 heteroatoms. The number of para-hydroxylation sites is 3. The van der Waals surface area contributed by atoms with Gasteiger partial charge in [-0.25, -0.2) is 0 Å². The van der Waals surface area contributed by atoms with Crippen molar-refractivity contribution in [3.8, 4) is 29.0 Å². The van der Waals surface area contributed by atoms with Crippen LogP contribution in [0.15, 0.2) is 91.0 Å². The lowest BCUT2D eigenvalue weighted by Crippen LogP contribution is -2.02. The zero-order chi connectivity index (χ0) is 19.8. The first kappa shape index (κ1) is 16.8. The van der Waals surface area contributed by atoms with E-state index < -0.39 is 0 Å². The van der Waals surface area contributed by atoms with Crippen LogP contribution in [0.4, 0.5) is 0 Å². The molecule has 4 aromatic carbocycles. The van der Waals surface area contributed by atoms with Gasteiger partial charge in [-0.1, -0.05) is 72.8 Å². The first-order chi connectivity index (χ1) is 14.3. The van der Waals surface area contributed by atoms with E-state index in [1.54, 1.807) is 18.2 Å². The lowest BCUT2D eigenvalue weighted by Gasteiger charge is -2.14. The molecule has 0 atom stereocenters. The summed E-state index contributed by atoms with van der Waals surface area (Å²) in [4.78, 5) is 0. The topological polar surface area (TPSA) is 52.5 Å². The molecule has 0 amide bonds. The third-order valence-electron chi connectivity index (χ3n) is 5.28. The van der Waals surface area contributed by atoms with Crippen molar-refractivity contribution in [2.75, 3.05) is 0 Å². The molecule has 0 saturated carbocycles. The number of fused-ring (bicyclic) bond motifs is 3. The first-order valence-electron chi connectivity index (χ1n) is 9.34. The molecule has 3 nitrogen and oxygen atoms in total. The molecule has 0 saturated heterocycles. The fraction of sp³-hybridized carbons (Fsp3) is 0. The van der Waals surface area contributed by atoms with Gasteiger partial charge in [-0.3, -0.25) is 0 Å². The highest BCUT2D eigenvalue weighted by Gasteiger charge is 2.20. The summed E-state index contributed by atoms with van der Waals surface area (Å²) in [7, 11) is 0. The maximum Gasteiger partial charge on any atom is 0.101 e. The molecular weight excluding hydrogens is 354 g/mol. The Kier molecular flexibility index (Phi) is 3.87. The molecule has 29 heavy (non-hydrogen) atoms. The largest absolute Gasteiger partial charge is 0.306 e. The van der Waals surface area contributed by atoms with Gasteiger partial charge in [0.25, 0.3) is 0 Å². The summed E-state index contributed by atoms with van der Waals surface area (Å²) in [5.41, 5.74) is 5.73. The van der Waals surface area contributed by atoms with Gasteiger partial charge in [0.2, 0.25) is 0 Å². The van der Waals surface area contributed by atoms with Crippen LogP contribution in [0.5, 0.6) is 0 Å². The van der Waals surface area contributed by atoms with Crippen LogP contribution in [0.3, 0.4) is 0 Å². The van der Waals surface area contributed by atoms with Crippen molar-refractivity contribution in [2.24, 2.45) is 0 Å². The summed E-state index contributed by atoms with van der Waals surface area (Å²) < 4.78 is 2.07. The molecule has 5 rings (SSSR count). The van der Waals surface area contributed by atoms with Crippen LogP contribution in [0.2, 0.25) is 0 Å². The Morgan fingerprint density at radius 1 is 0.586 bits per heavy atom. The van der Waals surface area contributed by atoms with E-state index in [4.69, 9.17) is 0 Å². The molecule has 0 aliphatic carbocycles. The normalized spacial score (nSPS) is 10.7. The van der Waals surface area contributed by atoms with E-state index in [9.17, 15) is 10.5 Å². The Morgan fingerprint density at radius 2 is 1.21 bits per heavy atom. The van der Waals surface area contributed by atoms with Crippen LogP contribution in [0, 0.1) is 22.7 Å². The molecule has 0 radical (unpaired) electrons. The molecule has 0 aliphatic rings. The van der Waals surface area contributed by atoms with E-state index in [1.807, 2.05) is 36.4 Å². The zero-order valence-electron chi connectivity index (χ0n) is 15.5. The lowest BCUT2D eigenvalue weighted by atomic mass is 10.0. The van der Waals surface area contributed by atoms with E-state index in [2.05, 4.69) is 53.1 Å². The minimum atomic E-state index is 0.481. The Morgan fingerprint density at radius 3 is 1.93 bits per heavy atom. The maximum absolute atomic E-state index is 9.79. The van der Waals surface area contributed by atoms with Gasteiger partial charge in [0.05, 0.1) is 27.8 Å². The highest BCUT2D eigenvalue weighted by atomic mass is 15.0. The van der Waals surface area contributed by atoms with E-state index in [0.29, 0.717) is 16.8 Å². The molecule has 1 heterocycles. The number of hydrogen-bond acceptors (Lipinski definition) is 2. The summed E-state index contributed by atoms with van der Waals surface area (Å²) in [6.45, 7) is 0. The molecule has 134 valence electrons. The van der Waals surface area contributed by atoms with Gasteiger partial charge in [0.1, 0.15) is 12.1 Å². The Balaban J connectivity index is 2.05. The number of nitriles is 2. The Hall–Kier alpha value is -4.34. The van der Waals surface area contributed by atoms with E-state index in [-0.39, 0.29) is 0 Å².